The average Bonchev–Trinajstić information content (AvgIpc) is 2.72. The SMILES string of the molecule is O=C(CC12CC3CC(CC(C3)C1)C2)C(=O)Nc1ccc(CCc2ccccc2)cc1. The molecule has 0 heterocycles. The Hall–Kier alpha value is -2.42. The summed E-state index contributed by atoms with van der Waals surface area (Å²) in [7, 11) is 0. The summed E-state index contributed by atoms with van der Waals surface area (Å²) in [6.07, 6.45) is 9.95. The third-order valence-corrected chi connectivity index (χ3v) is 7.71. The lowest BCUT2D eigenvalue weighted by atomic mass is 9.48. The highest BCUT2D eigenvalue weighted by molar-refractivity contribution is 6.40. The first-order valence-electron chi connectivity index (χ1n) is 11.5. The Balaban J connectivity index is 1.15. The first-order chi connectivity index (χ1) is 14.6. The zero-order valence-electron chi connectivity index (χ0n) is 17.6. The molecule has 0 saturated heterocycles. The van der Waals surface area contributed by atoms with Gasteiger partial charge in [0.1, 0.15) is 0 Å². The van der Waals surface area contributed by atoms with Gasteiger partial charge >= 0.3 is 0 Å². The van der Waals surface area contributed by atoms with Crippen LogP contribution in [0.25, 0.3) is 0 Å². The standard InChI is InChI=1S/C27H31NO2/c29-25(18-27-15-21-12-22(16-27)14-23(13-21)17-27)26(30)28-24-10-8-20(9-11-24)7-6-19-4-2-1-3-5-19/h1-5,8-11,21-23H,6-7,12-18H2,(H,28,30). The van der Waals surface area contributed by atoms with Crippen molar-refractivity contribution in [2.24, 2.45) is 23.2 Å². The lowest BCUT2D eigenvalue weighted by molar-refractivity contribution is -0.139. The summed E-state index contributed by atoms with van der Waals surface area (Å²) in [5, 5.41) is 2.84. The lowest BCUT2D eigenvalue weighted by Gasteiger charge is -2.56. The second-order valence-electron chi connectivity index (χ2n) is 10.2. The van der Waals surface area contributed by atoms with Gasteiger partial charge in [0.25, 0.3) is 5.91 Å². The van der Waals surface area contributed by atoms with Gasteiger partial charge in [0.15, 0.2) is 0 Å². The van der Waals surface area contributed by atoms with Crippen LogP contribution in [0, 0.1) is 23.2 Å². The highest BCUT2D eigenvalue weighted by Crippen LogP contribution is 2.61. The summed E-state index contributed by atoms with van der Waals surface area (Å²) in [5.74, 6) is 1.73. The first kappa shape index (κ1) is 19.5. The largest absolute Gasteiger partial charge is 0.319 e. The fraction of sp³-hybridized carbons (Fsp3) is 0.481. The number of aryl methyl sites for hydroxylation is 2. The second kappa shape index (κ2) is 8.02. The molecular weight excluding hydrogens is 370 g/mol. The molecule has 0 unspecified atom stereocenters. The molecule has 0 spiro atoms. The van der Waals surface area contributed by atoms with Crippen molar-refractivity contribution in [1.29, 1.82) is 0 Å². The number of carbonyl (C=O) groups excluding carboxylic acids is 2. The predicted octanol–water partition coefficient (Wildman–Crippen LogP) is 5.59. The minimum Gasteiger partial charge on any atom is -0.319 e. The number of rotatable bonds is 7. The Kier molecular flexibility index (Phi) is 5.22. The molecule has 0 radical (unpaired) electrons. The third kappa shape index (κ3) is 4.21. The molecule has 156 valence electrons. The molecule has 30 heavy (non-hydrogen) atoms. The van der Waals surface area contributed by atoms with Crippen LogP contribution in [0.5, 0.6) is 0 Å². The van der Waals surface area contributed by atoms with Crippen LogP contribution in [0.4, 0.5) is 5.69 Å². The third-order valence-electron chi connectivity index (χ3n) is 7.71. The van der Waals surface area contributed by atoms with E-state index in [1.54, 1.807) is 0 Å². The van der Waals surface area contributed by atoms with E-state index in [0.29, 0.717) is 12.1 Å². The smallest absolute Gasteiger partial charge is 0.291 e. The number of hydrogen-bond acceptors (Lipinski definition) is 2. The molecule has 3 nitrogen and oxygen atoms in total. The van der Waals surface area contributed by atoms with Crippen molar-refractivity contribution in [1.82, 2.24) is 0 Å². The summed E-state index contributed by atoms with van der Waals surface area (Å²) < 4.78 is 0. The maximum Gasteiger partial charge on any atom is 0.291 e. The fourth-order valence-corrected chi connectivity index (χ4v) is 6.82. The van der Waals surface area contributed by atoms with Gasteiger partial charge in [-0.3, -0.25) is 9.59 Å². The molecule has 1 amide bonds. The molecule has 2 aromatic rings. The maximum atomic E-state index is 12.7. The molecular formula is C27H31NO2. The Morgan fingerprint density at radius 2 is 1.30 bits per heavy atom. The fourth-order valence-electron chi connectivity index (χ4n) is 6.82. The Bertz CT molecular complexity index is 880. The van der Waals surface area contributed by atoms with Crippen LogP contribution >= 0.6 is 0 Å². The van der Waals surface area contributed by atoms with Gasteiger partial charge in [-0.25, -0.2) is 0 Å². The Labute approximate surface area is 179 Å². The highest BCUT2D eigenvalue weighted by Gasteiger charge is 2.51. The van der Waals surface area contributed by atoms with E-state index in [2.05, 4.69) is 29.6 Å². The van der Waals surface area contributed by atoms with Crippen molar-refractivity contribution in [3.8, 4) is 0 Å². The van der Waals surface area contributed by atoms with E-state index in [-0.39, 0.29) is 11.2 Å². The topological polar surface area (TPSA) is 46.2 Å². The zero-order chi connectivity index (χ0) is 20.6. The van der Waals surface area contributed by atoms with Crippen LogP contribution in [0.2, 0.25) is 0 Å². The number of anilines is 1. The molecule has 4 fully saturated rings. The molecule has 0 atom stereocenters. The van der Waals surface area contributed by atoms with Gasteiger partial charge in [-0.1, -0.05) is 42.5 Å². The molecule has 0 aromatic heterocycles. The van der Waals surface area contributed by atoms with Crippen molar-refractivity contribution < 1.29 is 9.59 Å². The van der Waals surface area contributed by atoms with Crippen LogP contribution in [0.3, 0.4) is 0 Å². The molecule has 0 aliphatic heterocycles. The van der Waals surface area contributed by atoms with Crippen molar-refractivity contribution in [3.05, 3.63) is 65.7 Å². The lowest BCUT2D eigenvalue weighted by Crippen LogP contribution is -2.47. The monoisotopic (exact) mass is 401 g/mol. The highest BCUT2D eigenvalue weighted by atomic mass is 16.2. The molecule has 4 saturated carbocycles. The van der Waals surface area contributed by atoms with Gasteiger partial charge in [-0.15, -0.1) is 0 Å². The molecule has 4 bridgehead atoms. The minimum absolute atomic E-state index is 0.116. The number of benzene rings is 2. The van der Waals surface area contributed by atoms with E-state index < -0.39 is 5.91 Å². The molecule has 4 aliphatic rings. The molecule has 6 rings (SSSR count). The number of ketones is 1. The van der Waals surface area contributed by atoms with Crippen molar-refractivity contribution in [3.63, 3.8) is 0 Å². The Morgan fingerprint density at radius 3 is 1.87 bits per heavy atom. The number of amides is 1. The number of carbonyl (C=O) groups is 2. The van der Waals surface area contributed by atoms with Crippen LogP contribution in [0.1, 0.15) is 56.1 Å². The van der Waals surface area contributed by atoms with Crippen LogP contribution < -0.4 is 5.32 Å². The van der Waals surface area contributed by atoms with Gasteiger partial charge < -0.3 is 5.32 Å². The Morgan fingerprint density at radius 1 is 0.767 bits per heavy atom. The van der Waals surface area contributed by atoms with E-state index in [4.69, 9.17) is 0 Å². The van der Waals surface area contributed by atoms with Gasteiger partial charge in [0.2, 0.25) is 5.78 Å². The average molecular weight is 402 g/mol. The summed E-state index contributed by atoms with van der Waals surface area (Å²) in [6.45, 7) is 0. The van der Waals surface area contributed by atoms with E-state index in [1.807, 2.05) is 30.3 Å². The van der Waals surface area contributed by atoms with Gasteiger partial charge in [0.05, 0.1) is 0 Å². The molecule has 4 aliphatic carbocycles. The number of nitrogens with one attached hydrogen (secondary N) is 1. The zero-order valence-corrected chi connectivity index (χ0v) is 17.6. The van der Waals surface area contributed by atoms with Gasteiger partial charge in [-0.05, 0) is 97.8 Å². The quantitative estimate of drug-likeness (QED) is 0.615. The predicted molar refractivity (Wildman–Crippen MR) is 119 cm³/mol. The van der Waals surface area contributed by atoms with Gasteiger partial charge in [0, 0.05) is 12.1 Å². The number of Topliss-reactive ketones (excluding diaryl/α,β-unsaturated/α-hetero) is 1. The molecule has 1 N–H and O–H groups in total. The summed E-state index contributed by atoms with van der Waals surface area (Å²) in [5.41, 5.74) is 3.38. The van der Waals surface area contributed by atoms with E-state index in [0.717, 1.165) is 49.9 Å². The first-order valence-corrected chi connectivity index (χ1v) is 11.5. The maximum absolute atomic E-state index is 12.7. The summed E-state index contributed by atoms with van der Waals surface area (Å²) in [4.78, 5) is 25.3. The van der Waals surface area contributed by atoms with Crippen LogP contribution in [-0.2, 0) is 22.4 Å². The van der Waals surface area contributed by atoms with Gasteiger partial charge in [-0.2, -0.15) is 0 Å². The van der Waals surface area contributed by atoms with Crippen LogP contribution in [-0.4, -0.2) is 11.7 Å². The van der Waals surface area contributed by atoms with E-state index in [9.17, 15) is 9.59 Å². The summed E-state index contributed by atoms with van der Waals surface area (Å²) in [6, 6.07) is 18.4. The summed E-state index contributed by atoms with van der Waals surface area (Å²) >= 11 is 0. The van der Waals surface area contributed by atoms with Crippen molar-refractivity contribution in [2.75, 3.05) is 5.32 Å². The second-order valence-corrected chi connectivity index (χ2v) is 10.2. The van der Waals surface area contributed by atoms with E-state index in [1.165, 1.54) is 30.4 Å². The van der Waals surface area contributed by atoms with Crippen LogP contribution in [0.15, 0.2) is 54.6 Å². The minimum atomic E-state index is -0.442. The molecule has 2 aromatic carbocycles. The van der Waals surface area contributed by atoms with Crippen molar-refractivity contribution in [2.45, 2.75) is 57.8 Å². The van der Waals surface area contributed by atoms with E-state index >= 15 is 0 Å². The van der Waals surface area contributed by atoms with Crippen molar-refractivity contribution >= 4 is 17.4 Å². The number of hydrogen-bond donors (Lipinski definition) is 1. The molecule has 3 heteroatoms. The normalized spacial score (nSPS) is 29.0.